The van der Waals surface area contributed by atoms with Crippen LogP contribution >= 0.6 is 22.7 Å². The Balaban J connectivity index is 1.96. The molecule has 4 rings (SSSR count). The van der Waals surface area contributed by atoms with Crippen molar-refractivity contribution in [3.8, 4) is 10.8 Å². The summed E-state index contributed by atoms with van der Waals surface area (Å²) in [5, 5.41) is 2.09. The van der Waals surface area contributed by atoms with Gasteiger partial charge in [-0.2, -0.15) is 0 Å². The first-order chi connectivity index (χ1) is 8.81. The second-order valence-electron chi connectivity index (χ2n) is 3.97. The van der Waals surface area contributed by atoms with Crippen molar-refractivity contribution in [1.29, 1.82) is 0 Å². The van der Waals surface area contributed by atoms with Gasteiger partial charge in [-0.25, -0.2) is 4.98 Å². The first kappa shape index (κ1) is 10.1. The number of thiophene rings is 2. The van der Waals surface area contributed by atoms with Gasteiger partial charge in [0.15, 0.2) is 5.58 Å². The molecule has 0 saturated carbocycles. The number of anilines is 1. The molecule has 3 nitrogen and oxygen atoms in total. The molecule has 0 atom stereocenters. The Bertz CT molecular complexity index is 828. The maximum Gasteiger partial charge on any atom is 0.237 e. The number of nitrogens with two attached hydrogens (primary N) is 1. The highest BCUT2D eigenvalue weighted by molar-refractivity contribution is 7.28. The highest BCUT2D eigenvalue weighted by Gasteiger charge is 2.13. The molecule has 3 aromatic heterocycles. The van der Waals surface area contributed by atoms with Crippen LogP contribution in [0.5, 0.6) is 0 Å². The summed E-state index contributed by atoms with van der Waals surface area (Å²) in [5.41, 5.74) is 8.02. The number of nitrogen functional groups attached to an aromatic ring is 1. The summed E-state index contributed by atoms with van der Waals surface area (Å²) in [6, 6.07) is 9.83. The van der Waals surface area contributed by atoms with Gasteiger partial charge in [0, 0.05) is 9.40 Å². The number of nitrogens with zero attached hydrogens (tertiary/aromatic N) is 1. The number of rotatable bonds is 1. The van der Waals surface area contributed by atoms with Gasteiger partial charge in [0.25, 0.3) is 0 Å². The molecule has 0 bridgehead atoms. The van der Waals surface area contributed by atoms with Gasteiger partial charge >= 0.3 is 0 Å². The van der Waals surface area contributed by atoms with Crippen LogP contribution < -0.4 is 5.73 Å². The largest absolute Gasteiger partial charge is 0.435 e. The molecule has 0 spiro atoms. The molecule has 88 valence electrons. The molecule has 0 unspecified atom stereocenters. The van der Waals surface area contributed by atoms with E-state index in [1.165, 1.54) is 9.40 Å². The van der Waals surface area contributed by atoms with Crippen LogP contribution in [0.15, 0.2) is 40.1 Å². The number of fused-ring (bicyclic) bond motifs is 2. The van der Waals surface area contributed by atoms with Gasteiger partial charge in [-0.3, -0.25) is 0 Å². The monoisotopic (exact) mass is 272 g/mol. The summed E-state index contributed by atoms with van der Waals surface area (Å²) in [7, 11) is 0. The average Bonchev–Trinajstić information content (AvgIpc) is 3.01. The first-order valence-corrected chi connectivity index (χ1v) is 7.13. The molecule has 0 radical (unpaired) electrons. The van der Waals surface area contributed by atoms with Crippen LogP contribution in [0.1, 0.15) is 0 Å². The Morgan fingerprint density at radius 1 is 1.17 bits per heavy atom. The lowest BCUT2D eigenvalue weighted by atomic mass is 10.3. The summed E-state index contributed by atoms with van der Waals surface area (Å²) in [5.74, 6) is 0.649. The van der Waals surface area contributed by atoms with E-state index in [1.54, 1.807) is 22.7 Å². The molecule has 0 fully saturated rings. The molecule has 0 amide bonds. The SMILES string of the molecule is Nc1cccc2oc(-c3cc4sccc4s3)nc12. The van der Waals surface area contributed by atoms with Crippen molar-refractivity contribution in [3.63, 3.8) is 0 Å². The topological polar surface area (TPSA) is 52.0 Å². The zero-order chi connectivity index (χ0) is 12.1. The van der Waals surface area contributed by atoms with Crippen LogP contribution in [-0.2, 0) is 0 Å². The number of hydrogen-bond donors (Lipinski definition) is 1. The summed E-state index contributed by atoms with van der Waals surface area (Å²) in [4.78, 5) is 5.53. The minimum atomic E-state index is 0.649. The van der Waals surface area contributed by atoms with E-state index in [2.05, 4.69) is 22.5 Å². The van der Waals surface area contributed by atoms with Gasteiger partial charge in [-0.05, 0) is 29.6 Å². The number of benzene rings is 1. The summed E-state index contributed by atoms with van der Waals surface area (Å²) in [6.45, 7) is 0. The van der Waals surface area contributed by atoms with Crippen molar-refractivity contribution in [2.45, 2.75) is 0 Å². The molecule has 1 aromatic carbocycles. The van der Waals surface area contributed by atoms with Crippen LogP contribution in [0.3, 0.4) is 0 Å². The van der Waals surface area contributed by atoms with Crippen LogP contribution in [-0.4, -0.2) is 4.98 Å². The number of aromatic nitrogens is 1. The van der Waals surface area contributed by atoms with Crippen LogP contribution in [0.2, 0.25) is 0 Å². The van der Waals surface area contributed by atoms with Crippen LogP contribution in [0.25, 0.3) is 31.3 Å². The molecule has 0 aliphatic carbocycles. The lowest BCUT2D eigenvalue weighted by molar-refractivity contribution is 0.622. The fraction of sp³-hybridized carbons (Fsp3) is 0. The van der Waals surface area contributed by atoms with E-state index in [4.69, 9.17) is 10.2 Å². The number of hydrogen-bond acceptors (Lipinski definition) is 5. The van der Waals surface area contributed by atoms with E-state index >= 15 is 0 Å². The zero-order valence-corrected chi connectivity index (χ0v) is 10.8. The average molecular weight is 272 g/mol. The maximum atomic E-state index is 5.89. The highest BCUT2D eigenvalue weighted by Crippen LogP contribution is 2.37. The number of oxazole rings is 1. The quantitative estimate of drug-likeness (QED) is 0.524. The number of para-hydroxylation sites is 1. The van der Waals surface area contributed by atoms with Crippen molar-refractivity contribution >= 4 is 48.9 Å². The van der Waals surface area contributed by atoms with Gasteiger partial charge in [0.05, 0.1) is 10.6 Å². The Labute approximate surface area is 110 Å². The third-order valence-corrected chi connectivity index (χ3v) is 4.88. The van der Waals surface area contributed by atoms with Crippen molar-refractivity contribution in [3.05, 3.63) is 35.7 Å². The van der Waals surface area contributed by atoms with E-state index in [1.807, 2.05) is 18.2 Å². The molecule has 0 saturated heterocycles. The van der Waals surface area contributed by atoms with Crippen molar-refractivity contribution < 1.29 is 4.42 Å². The Hall–Kier alpha value is -1.85. The lowest BCUT2D eigenvalue weighted by Gasteiger charge is -1.89. The fourth-order valence-electron chi connectivity index (χ4n) is 1.95. The molecule has 0 aliphatic heterocycles. The summed E-state index contributed by atoms with van der Waals surface area (Å²) >= 11 is 3.42. The highest BCUT2D eigenvalue weighted by atomic mass is 32.1. The standard InChI is InChI=1S/C13H8N2OS2/c14-7-2-1-3-8-12(7)15-13(16-8)11-6-10-9(18-11)4-5-17-10/h1-6H,14H2. The molecule has 5 heteroatoms. The fourth-order valence-corrected chi connectivity index (χ4v) is 3.98. The van der Waals surface area contributed by atoms with Gasteiger partial charge in [-0.15, -0.1) is 22.7 Å². The van der Waals surface area contributed by atoms with E-state index in [-0.39, 0.29) is 0 Å². The van der Waals surface area contributed by atoms with Crippen molar-refractivity contribution in [2.24, 2.45) is 0 Å². The Morgan fingerprint density at radius 3 is 2.94 bits per heavy atom. The molecule has 2 N–H and O–H groups in total. The minimum absolute atomic E-state index is 0.649. The van der Waals surface area contributed by atoms with Crippen LogP contribution in [0.4, 0.5) is 5.69 Å². The smallest absolute Gasteiger partial charge is 0.237 e. The second-order valence-corrected chi connectivity index (χ2v) is 6.00. The molecule has 18 heavy (non-hydrogen) atoms. The first-order valence-electron chi connectivity index (χ1n) is 5.44. The molecule has 3 heterocycles. The minimum Gasteiger partial charge on any atom is -0.435 e. The van der Waals surface area contributed by atoms with E-state index < -0.39 is 0 Å². The second kappa shape index (κ2) is 3.57. The van der Waals surface area contributed by atoms with E-state index in [0.29, 0.717) is 11.6 Å². The molecule has 0 aliphatic rings. The van der Waals surface area contributed by atoms with Gasteiger partial charge < -0.3 is 10.2 Å². The van der Waals surface area contributed by atoms with Crippen molar-refractivity contribution in [1.82, 2.24) is 4.98 Å². The van der Waals surface area contributed by atoms with E-state index in [9.17, 15) is 0 Å². The molecular weight excluding hydrogens is 264 g/mol. The maximum absolute atomic E-state index is 5.89. The Kier molecular flexibility index (Phi) is 2.00. The van der Waals surface area contributed by atoms with Crippen molar-refractivity contribution in [2.75, 3.05) is 5.73 Å². The third kappa shape index (κ3) is 1.38. The third-order valence-electron chi connectivity index (χ3n) is 2.80. The summed E-state index contributed by atoms with van der Waals surface area (Å²) < 4.78 is 8.30. The normalized spacial score (nSPS) is 11.6. The predicted molar refractivity (Wildman–Crippen MR) is 77.1 cm³/mol. The van der Waals surface area contributed by atoms with Gasteiger partial charge in [0.2, 0.25) is 5.89 Å². The lowest BCUT2D eigenvalue weighted by Crippen LogP contribution is -1.84. The van der Waals surface area contributed by atoms with Gasteiger partial charge in [-0.1, -0.05) is 6.07 Å². The summed E-state index contributed by atoms with van der Waals surface area (Å²) in [6.07, 6.45) is 0. The predicted octanol–water partition coefficient (Wildman–Crippen LogP) is 4.35. The van der Waals surface area contributed by atoms with Gasteiger partial charge in [0.1, 0.15) is 5.52 Å². The van der Waals surface area contributed by atoms with Crippen LogP contribution in [0, 0.1) is 0 Å². The molecule has 4 aromatic rings. The molecular formula is C13H8N2OS2. The van der Waals surface area contributed by atoms with E-state index in [0.717, 1.165) is 16.0 Å². The zero-order valence-electron chi connectivity index (χ0n) is 9.21. The Morgan fingerprint density at radius 2 is 2.11 bits per heavy atom.